The molecule has 1 heterocycles. The minimum absolute atomic E-state index is 0.0612. The van der Waals surface area contributed by atoms with E-state index in [0.29, 0.717) is 22.1 Å². The number of carboxylic acids is 1. The first kappa shape index (κ1) is 16.4. The van der Waals surface area contributed by atoms with Crippen molar-refractivity contribution in [3.8, 4) is 0 Å². The maximum atomic E-state index is 13.1. The number of nitrogens with two attached hydrogens (primary N) is 3. The molecule has 0 aromatic heterocycles. The molecule has 0 radical (unpaired) electrons. The predicted octanol–water partition coefficient (Wildman–Crippen LogP) is 2.09. The molecule has 2 amide bonds. The number of aromatic carboxylic acids is 1. The zero-order valence-corrected chi connectivity index (χ0v) is 13.9. The van der Waals surface area contributed by atoms with Crippen LogP contribution in [0, 0.1) is 0 Å². The molecule has 1 aliphatic rings. The molecule has 8 nitrogen and oxygen atoms in total. The predicted molar refractivity (Wildman–Crippen MR) is 102 cm³/mol. The molecule has 0 aliphatic carbocycles. The summed E-state index contributed by atoms with van der Waals surface area (Å²) in [5.41, 5.74) is 18.8. The van der Waals surface area contributed by atoms with E-state index in [0.717, 1.165) is 4.90 Å². The fourth-order valence-corrected chi connectivity index (χ4v) is 3.35. The summed E-state index contributed by atoms with van der Waals surface area (Å²) in [5, 5.41) is 10.3. The second-order valence-corrected chi connectivity index (χ2v) is 6.30. The third kappa shape index (κ3) is 2.43. The molecule has 4 rings (SSSR count). The molecule has 0 atom stereocenters. The molecular weight excluding hydrogens is 348 g/mol. The van der Waals surface area contributed by atoms with Crippen molar-refractivity contribution in [1.82, 2.24) is 0 Å². The highest BCUT2D eigenvalue weighted by Crippen LogP contribution is 2.36. The van der Waals surface area contributed by atoms with Gasteiger partial charge in [-0.2, -0.15) is 0 Å². The lowest BCUT2D eigenvalue weighted by molar-refractivity contribution is 0.0695. The Kier molecular flexibility index (Phi) is 3.32. The topological polar surface area (TPSA) is 153 Å². The van der Waals surface area contributed by atoms with E-state index >= 15 is 0 Å². The van der Waals surface area contributed by atoms with Crippen LogP contribution in [-0.4, -0.2) is 22.9 Å². The molecule has 1 aliphatic heterocycles. The largest absolute Gasteiger partial charge is 0.478 e. The number of carbonyl (C=O) groups excluding carboxylic acids is 2. The Balaban J connectivity index is 2.00. The van der Waals surface area contributed by atoms with Gasteiger partial charge in [-0.1, -0.05) is 0 Å². The Morgan fingerprint density at radius 1 is 0.778 bits per heavy atom. The highest BCUT2D eigenvalue weighted by Gasteiger charge is 2.35. The number of carboxylic acid groups (broad SMARTS) is 1. The number of hydrogen-bond donors (Lipinski definition) is 4. The molecular formula is C19H14N4O4. The quantitative estimate of drug-likeness (QED) is 0.402. The van der Waals surface area contributed by atoms with E-state index in [1.54, 1.807) is 12.1 Å². The van der Waals surface area contributed by atoms with Crippen LogP contribution in [0.2, 0.25) is 0 Å². The number of amides is 2. The van der Waals surface area contributed by atoms with E-state index in [-0.39, 0.29) is 28.1 Å². The van der Waals surface area contributed by atoms with Crippen LogP contribution in [0.5, 0.6) is 0 Å². The van der Waals surface area contributed by atoms with Gasteiger partial charge in [0.15, 0.2) is 0 Å². The molecule has 0 bridgehead atoms. The van der Waals surface area contributed by atoms with Gasteiger partial charge < -0.3 is 22.3 Å². The van der Waals surface area contributed by atoms with E-state index in [9.17, 15) is 19.5 Å². The van der Waals surface area contributed by atoms with Gasteiger partial charge in [-0.15, -0.1) is 0 Å². The molecule has 134 valence electrons. The zero-order chi connectivity index (χ0) is 19.5. The van der Waals surface area contributed by atoms with Gasteiger partial charge in [-0.3, -0.25) is 9.59 Å². The van der Waals surface area contributed by atoms with Crippen LogP contribution in [0.15, 0.2) is 42.5 Å². The second kappa shape index (κ2) is 5.46. The maximum Gasteiger partial charge on any atom is 0.335 e. The summed E-state index contributed by atoms with van der Waals surface area (Å²) in [5.74, 6) is -2.45. The smallest absolute Gasteiger partial charge is 0.335 e. The number of imide groups is 1. The molecule has 0 fully saturated rings. The van der Waals surface area contributed by atoms with Crippen LogP contribution in [0.4, 0.5) is 22.7 Å². The molecule has 0 spiro atoms. The highest BCUT2D eigenvalue weighted by molar-refractivity contribution is 6.36. The van der Waals surface area contributed by atoms with E-state index < -0.39 is 17.8 Å². The lowest BCUT2D eigenvalue weighted by Crippen LogP contribution is -2.40. The Morgan fingerprint density at radius 2 is 1.30 bits per heavy atom. The third-order valence-electron chi connectivity index (χ3n) is 4.41. The summed E-state index contributed by atoms with van der Waals surface area (Å²) in [6.07, 6.45) is 0. The van der Waals surface area contributed by atoms with Crippen LogP contribution in [0.1, 0.15) is 31.1 Å². The van der Waals surface area contributed by atoms with Crippen molar-refractivity contribution in [3.05, 3.63) is 59.2 Å². The van der Waals surface area contributed by atoms with Crippen molar-refractivity contribution in [2.75, 3.05) is 22.1 Å². The molecule has 0 saturated heterocycles. The summed E-state index contributed by atoms with van der Waals surface area (Å²) in [6.45, 7) is 0. The Labute approximate surface area is 152 Å². The van der Waals surface area contributed by atoms with Gasteiger partial charge in [-0.25, -0.2) is 9.69 Å². The summed E-state index contributed by atoms with van der Waals surface area (Å²) in [4.78, 5) is 38.4. The van der Waals surface area contributed by atoms with Crippen molar-refractivity contribution < 1.29 is 19.5 Å². The van der Waals surface area contributed by atoms with E-state index in [1.807, 2.05) is 0 Å². The van der Waals surface area contributed by atoms with Crippen molar-refractivity contribution >= 4 is 51.3 Å². The summed E-state index contributed by atoms with van der Waals surface area (Å²) >= 11 is 0. The fourth-order valence-electron chi connectivity index (χ4n) is 3.35. The number of carbonyl (C=O) groups is 3. The number of nitrogen functional groups attached to an aromatic ring is 3. The average Bonchev–Trinajstić information content (AvgIpc) is 2.58. The Morgan fingerprint density at radius 3 is 1.81 bits per heavy atom. The van der Waals surface area contributed by atoms with Crippen molar-refractivity contribution in [3.63, 3.8) is 0 Å². The van der Waals surface area contributed by atoms with Crippen LogP contribution in [0.3, 0.4) is 0 Å². The summed E-state index contributed by atoms with van der Waals surface area (Å²) in [6, 6.07) is 10.1. The van der Waals surface area contributed by atoms with Gasteiger partial charge in [0.25, 0.3) is 11.8 Å². The van der Waals surface area contributed by atoms with E-state index in [2.05, 4.69) is 0 Å². The molecule has 8 heteroatoms. The number of hydrogen-bond acceptors (Lipinski definition) is 6. The van der Waals surface area contributed by atoms with Gasteiger partial charge >= 0.3 is 5.97 Å². The number of benzene rings is 3. The summed E-state index contributed by atoms with van der Waals surface area (Å²) < 4.78 is 0. The van der Waals surface area contributed by atoms with Crippen LogP contribution >= 0.6 is 0 Å². The van der Waals surface area contributed by atoms with E-state index in [4.69, 9.17) is 17.2 Å². The molecule has 3 aromatic carbocycles. The molecule has 27 heavy (non-hydrogen) atoms. The van der Waals surface area contributed by atoms with Crippen LogP contribution in [0.25, 0.3) is 10.8 Å². The molecule has 7 N–H and O–H groups in total. The first-order valence-corrected chi connectivity index (χ1v) is 7.91. The number of anilines is 4. The minimum Gasteiger partial charge on any atom is -0.478 e. The monoisotopic (exact) mass is 362 g/mol. The lowest BCUT2D eigenvalue weighted by atomic mass is 9.92. The lowest BCUT2D eigenvalue weighted by Gasteiger charge is -2.28. The first-order valence-electron chi connectivity index (χ1n) is 7.91. The minimum atomic E-state index is -1.23. The van der Waals surface area contributed by atoms with Gasteiger partial charge in [-0.05, 0) is 47.9 Å². The number of rotatable bonds is 2. The molecule has 0 unspecified atom stereocenters. The molecule has 3 aromatic rings. The standard InChI is InChI=1S/C19H14N4O4/c20-10-3-9(19(26)27)4-13(5-10)23-17(24)14-6-11(21)1-8-2-12(22)7-15(16(8)14)18(23)25/h1-7H,20-22H2,(H,26,27). The third-order valence-corrected chi connectivity index (χ3v) is 4.41. The summed E-state index contributed by atoms with van der Waals surface area (Å²) in [7, 11) is 0. The fraction of sp³-hybridized carbons (Fsp3) is 0. The molecule has 0 saturated carbocycles. The van der Waals surface area contributed by atoms with Crippen LogP contribution in [-0.2, 0) is 0 Å². The maximum absolute atomic E-state index is 13.1. The van der Waals surface area contributed by atoms with Gasteiger partial charge in [0.2, 0.25) is 0 Å². The normalized spacial score (nSPS) is 13.3. The number of nitrogens with zero attached hydrogens (tertiary/aromatic N) is 1. The average molecular weight is 362 g/mol. The SMILES string of the molecule is Nc1cc(C(=O)O)cc(N2C(=O)c3cc(N)cc4cc(N)cc(c34)C2=O)c1. The Bertz CT molecular complexity index is 1130. The van der Waals surface area contributed by atoms with Crippen molar-refractivity contribution in [2.24, 2.45) is 0 Å². The van der Waals surface area contributed by atoms with Gasteiger partial charge in [0.05, 0.1) is 22.4 Å². The Hall–Kier alpha value is -4.07. The zero-order valence-electron chi connectivity index (χ0n) is 13.9. The van der Waals surface area contributed by atoms with E-state index in [1.165, 1.54) is 30.3 Å². The van der Waals surface area contributed by atoms with Gasteiger partial charge in [0.1, 0.15) is 0 Å². The second-order valence-electron chi connectivity index (χ2n) is 6.30. The van der Waals surface area contributed by atoms with Crippen LogP contribution < -0.4 is 22.1 Å². The highest BCUT2D eigenvalue weighted by atomic mass is 16.4. The van der Waals surface area contributed by atoms with Gasteiger partial charge in [0, 0.05) is 22.4 Å². The first-order chi connectivity index (χ1) is 12.8. The van der Waals surface area contributed by atoms with Crippen molar-refractivity contribution in [1.29, 1.82) is 0 Å². The van der Waals surface area contributed by atoms with Crippen molar-refractivity contribution in [2.45, 2.75) is 0 Å².